The van der Waals surface area contributed by atoms with Crippen molar-refractivity contribution in [3.8, 4) is 0 Å². The van der Waals surface area contributed by atoms with Crippen LogP contribution in [0.4, 0.5) is 0 Å². The average molecular weight is 148 g/mol. The van der Waals surface area contributed by atoms with E-state index < -0.39 is 0 Å². The molecule has 0 spiro atoms. The number of nitrogens with zero attached hydrogens (tertiary/aromatic N) is 1. The Kier molecular flexibility index (Phi) is 2.66. The summed E-state index contributed by atoms with van der Waals surface area (Å²) in [6.07, 6.45) is 5.56. The van der Waals surface area contributed by atoms with Gasteiger partial charge in [-0.25, -0.2) is 0 Å². The van der Waals surface area contributed by atoms with Crippen molar-refractivity contribution in [1.82, 2.24) is 10.3 Å². The van der Waals surface area contributed by atoms with Gasteiger partial charge in [-0.1, -0.05) is 0 Å². The Morgan fingerprint density at radius 3 is 2.64 bits per heavy atom. The predicted octanol–water partition coefficient (Wildman–Crippen LogP) is 1.66. The highest BCUT2D eigenvalue weighted by atomic mass is 14.8. The number of rotatable bonds is 2. The number of hydrogen-bond acceptors (Lipinski definition) is 2. The van der Waals surface area contributed by atoms with E-state index in [0.29, 0.717) is 0 Å². The first-order valence-corrected chi connectivity index (χ1v) is 3.59. The van der Waals surface area contributed by atoms with Crippen molar-refractivity contribution in [3.05, 3.63) is 36.3 Å². The minimum absolute atomic E-state index is 1.20. The first-order valence-electron chi connectivity index (χ1n) is 3.59. The number of aromatic nitrogens is 1. The lowest BCUT2D eigenvalue weighted by Crippen LogP contribution is -1.94. The van der Waals surface area contributed by atoms with Crippen LogP contribution in [0.2, 0.25) is 0 Å². The van der Waals surface area contributed by atoms with Crippen molar-refractivity contribution < 1.29 is 0 Å². The summed E-state index contributed by atoms with van der Waals surface area (Å²) >= 11 is 0. The van der Waals surface area contributed by atoms with Gasteiger partial charge in [0.25, 0.3) is 0 Å². The standard InChI is InChI=1S/C9H12N2/c1-8(7-10-2)9-3-5-11-6-4-9/h3-7,10H,1-2H3/b8-7-. The second kappa shape index (κ2) is 3.76. The van der Waals surface area contributed by atoms with Crippen molar-refractivity contribution in [2.24, 2.45) is 0 Å². The minimum atomic E-state index is 1.20. The molecule has 0 aliphatic carbocycles. The Bertz CT molecular complexity index is 239. The molecule has 11 heavy (non-hydrogen) atoms. The van der Waals surface area contributed by atoms with Gasteiger partial charge in [0.05, 0.1) is 0 Å². The fourth-order valence-electron chi connectivity index (χ4n) is 0.915. The molecule has 1 rings (SSSR count). The smallest absolute Gasteiger partial charge is 0.0273 e. The Morgan fingerprint density at radius 1 is 1.45 bits per heavy atom. The monoisotopic (exact) mass is 148 g/mol. The van der Waals surface area contributed by atoms with Gasteiger partial charge in [-0.2, -0.15) is 0 Å². The second-order valence-electron chi connectivity index (χ2n) is 2.35. The highest BCUT2D eigenvalue weighted by molar-refractivity contribution is 5.62. The van der Waals surface area contributed by atoms with E-state index in [0.717, 1.165) is 0 Å². The third-order valence-corrected chi connectivity index (χ3v) is 1.50. The van der Waals surface area contributed by atoms with Crippen LogP contribution in [0.1, 0.15) is 12.5 Å². The number of pyridine rings is 1. The maximum atomic E-state index is 3.94. The zero-order valence-electron chi connectivity index (χ0n) is 6.83. The van der Waals surface area contributed by atoms with E-state index in [4.69, 9.17) is 0 Å². The Labute approximate surface area is 67.0 Å². The number of hydrogen-bond donors (Lipinski definition) is 1. The SMILES string of the molecule is CN/C=C(/C)c1ccncc1. The van der Waals surface area contributed by atoms with Crippen molar-refractivity contribution >= 4 is 5.57 Å². The van der Waals surface area contributed by atoms with Crippen molar-refractivity contribution in [2.75, 3.05) is 7.05 Å². The topological polar surface area (TPSA) is 24.9 Å². The van der Waals surface area contributed by atoms with Crippen LogP contribution in [0, 0.1) is 0 Å². The van der Waals surface area contributed by atoms with Gasteiger partial charge in [0.15, 0.2) is 0 Å². The fourth-order valence-corrected chi connectivity index (χ4v) is 0.915. The van der Waals surface area contributed by atoms with Crippen LogP contribution in [-0.2, 0) is 0 Å². The molecule has 0 amide bonds. The van der Waals surface area contributed by atoms with Crippen LogP contribution < -0.4 is 5.32 Å². The molecular formula is C9H12N2. The van der Waals surface area contributed by atoms with Crippen LogP contribution in [-0.4, -0.2) is 12.0 Å². The average Bonchev–Trinajstić information content (AvgIpc) is 2.07. The summed E-state index contributed by atoms with van der Waals surface area (Å²) in [5.74, 6) is 0. The maximum absolute atomic E-state index is 3.94. The number of nitrogens with one attached hydrogen (secondary N) is 1. The minimum Gasteiger partial charge on any atom is -0.394 e. The summed E-state index contributed by atoms with van der Waals surface area (Å²) in [6, 6.07) is 3.98. The predicted molar refractivity (Wildman–Crippen MR) is 46.9 cm³/mol. The molecule has 0 aromatic carbocycles. The largest absolute Gasteiger partial charge is 0.394 e. The van der Waals surface area contributed by atoms with Crippen LogP contribution in [0.25, 0.3) is 5.57 Å². The fraction of sp³-hybridized carbons (Fsp3) is 0.222. The van der Waals surface area contributed by atoms with E-state index in [1.54, 1.807) is 12.4 Å². The maximum Gasteiger partial charge on any atom is 0.0273 e. The quantitative estimate of drug-likeness (QED) is 0.690. The summed E-state index contributed by atoms with van der Waals surface area (Å²) in [5, 5.41) is 2.98. The summed E-state index contributed by atoms with van der Waals surface area (Å²) in [4.78, 5) is 3.94. The molecule has 0 fully saturated rings. The van der Waals surface area contributed by atoms with Gasteiger partial charge < -0.3 is 5.32 Å². The van der Waals surface area contributed by atoms with E-state index in [1.165, 1.54) is 11.1 Å². The summed E-state index contributed by atoms with van der Waals surface area (Å²) in [7, 11) is 1.89. The summed E-state index contributed by atoms with van der Waals surface area (Å²) < 4.78 is 0. The van der Waals surface area contributed by atoms with Crippen molar-refractivity contribution in [2.45, 2.75) is 6.92 Å². The third kappa shape index (κ3) is 2.08. The van der Waals surface area contributed by atoms with Gasteiger partial charge in [0.1, 0.15) is 0 Å². The van der Waals surface area contributed by atoms with Crippen molar-refractivity contribution in [1.29, 1.82) is 0 Å². The molecule has 0 saturated carbocycles. The molecule has 0 bridgehead atoms. The molecule has 1 N–H and O–H groups in total. The van der Waals surface area contributed by atoms with Crippen LogP contribution in [0.3, 0.4) is 0 Å². The molecule has 2 nitrogen and oxygen atoms in total. The molecule has 1 heterocycles. The van der Waals surface area contributed by atoms with E-state index in [1.807, 2.05) is 25.4 Å². The molecular weight excluding hydrogens is 136 g/mol. The zero-order valence-corrected chi connectivity index (χ0v) is 6.83. The molecule has 0 aliphatic rings. The molecule has 58 valence electrons. The molecule has 0 aliphatic heterocycles. The molecule has 0 saturated heterocycles. The van der Waals surface area contributed by atoms with Gasteiger partial charge in [-0.3, -0.25) is 4.98 Å². The molecule has 0 atom stereocenters. The molecule has 1 aromatic heterocycles. The number of allylic oxidation sites excluding steroid dienone is 1. The Balaban J connectivity index is 2.85. The normalized spacial score (nSPS) is 11.3. The highest BCUT2D eigenvalue weighted by Gasteiger charge is 1.90. The molecule has 0 unspecified atom stereocenters. The first kappa shape index (κ1) is 7.79. The van der Waals surface area contributed by atoms with E-state index >= 15 is 0 Å². The van der Waals surface area contributed by atoms with Gasteiger partial charge in [0, 0.05) is 19.4 Å². The van der Waals surface area contributed by atoms with Gasteiger partial charge in [-0.15, -0.1) is 0 Å². The van der Waals surface area contributed by atoms with Crippen LogP contribution >= 0.6 is 0 Å². The van der Waals surface area contributed by atoms with E-state index in [2.05, 4.69) is 17.2 Å². The van der Waals surface area contributed by atoms with Crippen LogP contribution in [0.15, 0.2) is 30.7 Å². The zero-order chi connectivity index (χ0) is 8.10. The Morgan fingerprint density at radius 2 is 2.09 bits per heavy atom. The van der Waals surface area contributed by atoms with Gasteiger partial charge in [0.2, 0.25) is 0 Å². The lowest BCUT2D eigenvalue weighted by Gasteiger charge is -1.99. The van der Waals surface area contributed by atoms with Gasteiger partial charge >= 0.3 is 0 Å². The summed E-state index contributed by atoms with van der Waals surface area (Å²) in [6.45, 7) is 2.06. The van der Waals surface area contributed by atoms with E-state index in [-0.39, 0.29) is 0 Å². The second-order valence-corrected chi connectivity index (χ2v) is 2.35. The third-order valence-electron chi connectivity index (χ3n) is 1.50. The van der Waals surface area contributed by atoms with Crippen LogP contribution in [0.5, 0.6) is 0 Å². The molecule has 0 radical (unpaired) electrons. The lowest BCUT2D eigenvalue weighted by molar-refractivity contribution is 1.10. The van der Waals surface area contributed by atoms with Gasteiger partial charge in [-0.05, 0) is 36.4 Å². The molecule has 1 aromatic rings. The van der Waals surface area contributed by atoms with E-state index in [9.17, 15) is 0 Å². The first-order chi connectivity index (χ1) is 5.34. The molecule has 2 heteroatoms. The lowest BCUT2D eigenvalue weighted by atomic mass is 10.1. The Hall–Kier alpha value is -1.31. The highest BCUT2D eigenvalue weighted by Crippen LogP contribution is 2.09. The summed E-state index contributed by atoms with van der Waals surface area (Å²) in [5.41, 5.74) is 2.42. The van der Waals surface area contributed by atoms with Crippen molar-refractivity contribution in [3.63, 3.8) is 0 Å².